The molecule has 0 spiro atoms. The average molecular weight is 287 g/mol. The monoisotopic (exact) mass is 286 g/mol. The molecule has 0 amide bonds. The third-order valence-corrected chi connectivity index (χ3v) is 4.33. The summed E-state index contributed by atoms with van der Waals surface area (Å²) in [4.78, 5) is 0. The quantitative estimate of drug-likeness (QED) is 0.591. The Bertz CT molecular complexity index is 431. The summed E-state index contributed by atoms with van der Waals surface area (Å²) in [5, 5.41) is 5.18. The zero-order valence-corrected chi connectivity index (χ0v) is 12.6. The Morgan fingerprint density at radius 1 is 1.58 bits per heavy atom. The molecule has 3 N–H and O–H groups in total. The van der Waals surface area contributed by atoms with Gasteiger partial charge in [0, 0.05) is 20.1 Å². The second-order valence-corrected chi connectivity index (χ2v) is 5.55. The molecule has 2 unspecified atom stereocenters. The number of hydrogen-bond acceptors (Lipinski definition) is 4. The van der Waals surface area contributed by atoms with Gasteiger partial charge in [-0.25, -0.2) is 0 Å². The van der Waals surface area contributed by atoms with E-state index in [0.29, 0.717) is 5.92 Å². The fourth-order valence-electron chi connectivity index (χ4n) is 2.65. The normalized spacial score (nSPS) is 18.6. The summed E-state index contributed by atoms with van der Waals surface area (Å²) in [6.07, 6.45) is 3.31. The highest BCUT2D eigenvalue weighted by molar-refractivity contribution is 6.31. The zero-order valence-electron chi connectivity index (χ0n) is 11.8. The smallest absolute Gasteiger partial charge is 0.0847 e. The third kappa shape index (κ3) is 3.11. The van der Waals surface area contributed by atoms with Crippen LogP contribution in [-0.4, -0.2) is 29.0 Å². The van der Waals surface area contributed by atoms with E-state index in [9.17, 15) is 0 Å². The van der Waals surface area contributed by atoms with Crippen molar-refractivity contribution in [2.24, 2.45) is 11.8 Å². The van der Waals surface area contributed by atoms with E-state index in [1.165, 1.54) is 12.8 Å². The summed E-state index contributed by atoms with van der Waals surface area (Å²) in [6, 6.07) is 0.0661. The standard InChI is InChI=1S/C13H23ClN4O/c1-4-18-11(12(14)8(2)17-18)7-10(16-15)13(19-3)9-5-6-9/h9-10,13,16H,4-7,15H2,1-3H3. The van der Waals surface area contributed by atoms with Crippen LogP contribution in [0, 0.1) is 12.8 Å². The number of aryl methyl sites for hydroxylation is 2. The van der Waals surface area contributed by atoms with Crippen LogP contribution >= 0.6 is 11.6 Å². The Morgan fingerprint density at radius 2 is 2.26 bits per heavy atom. The summed E-state index contributed by atoms with van der Waals surface area (Å²) in [7, 11) is 1.75. The van der Waals surface area contributed by atoms with Crippen LogP contribution in [0.1, 0.15) is 31.2 Å². The van der Waals surface area contributed by atoms with E-state index in [1.807, 2.05) is 11.6 Å². The van der Waals surface area contributed by atoms with Crippen molar-refractivity contribution >= 4 is 11.6 Å². The van der Waals surface area contributed by atoms with Crippen molar-refractivity contribution in [2.45, 2.75) is 51.8 Å². The highest BCUT2D eigenvalue weighted by atomic mass is 35.5. The second kappa shape index (κ2) is 6.22. The van der Waals surface area contributed by atoms with Crippen LogP contribution < -0.4 is 11.3 Å². The molecule has 19 heavy (non-hydrogen) atoms. The van der Waals surface area contributed by atoms with Crippen LogP contribution in [0.15, 0.2) is 0 Å². The van der Waals surface area contributed by atoms with E-state index in [1.54, 1.807) is 7.11 Å². The number of halogens is 1. The van der Waals surface area contributed by atoms with E-state index < -0.39 is 0 Å². The SMILES string of the molecule is CCn1nc(C)c(Cl)c1CC(NN)C(OC)C1CC1. The van der Waals surface area contributed by atoms with Crippen LogP contribution in [0.25, 0.3) is 0 Å². The molecular weight excluding hydrogens is 264 g/mol. The number of aromatic nitrogens is 2. The summed E-state index contributed by atoms with van der Waals surface area (Å²) >= 11 is 6.34. The molecule has 1 saturated carbocycles. The maximum absolute atomic E-state index is 6.34. The van der Waals surface area contributed by atoms with Crippen molar-refractivity contribution < 1.29 is 4.74 Å². The topological polar surface area (TPSA) is 65.1 Å². The minimum absolute atomic E-state index is 0.0661. The Morgan fingerprint density at radius 3 is 2.74 bits per heavy atom. The van der Waals surface area contributed by atoms with E-state index in [2.05, 4.69) is 17.4 Å². The van der Waals surface area contributed by atoms with Gasteiger partial charge in [-0.2, -0.15) is 5.10 Å². The van der Waals surface area contributed by atoms with E-state index in [0.717, 1.165) is 29.4 Å². The lowest BCUT2D eigenvalue weighted by Gasteiger charge is -2.25. The maximum Gasteiger partial charge on any atom is 0.0847 e. The molecule has 1 aliphatic carbocycles. The molecule has 0 aliphatic heterocycles. The Balaban J connectivity index is 2.17. The molecule has 0 saturated heterocycles. The summed E-state index contributed by atoms with van der Waals surface area (Å²) in [5.41, 5.74) is 4.79. The molecule has 1 fully saturated rings. The number of methoxy groups -OCH3 is 1. The van der Waals surface area contributed by atoms with E-state index in [4.69, 9.17) is 22.2 Å². The predicted molar refractivity (Wildman–Crippen MR) is 76.0 cm³/mol. The first-order valence-electron chi connectivity index (χ1n) is 6.83. The summed E-state index contributed by atoms with van der Waals surface area (Å²) in [6.45, 7) is 4.80. The van der Waals surface area contributed by atoms with Crippen molar-refractivity contribution in [3.05, 3.63) is 16.4 Å². The summed E-state index contributed by atoms with van der Waals surface area (Å²) < 4.78 is 7.55. The summed E-state index contributed by atoms with van der Waals surface area (Å²) in [5.74, 6) is 6.32. The lowest BCUT2D eigenvalue weighted by atomic mass is 10.0. The molecule has 1 aromatic rings. The van der Waals surface area contributed by atoms with Gasteiger partial charge in [0.05, 0.1) is 28.6 Å². The van der Waals surface area contributed by atoms with Crippen molar-refractivity contribution in [1.82, 2.24) is 15.2 Å². The van der Waals surface area contributed by atoms with Gasteiger partial charge >= 0.3 is 0 Å². The number of nitrogens with two attached hydrogens (primary N) is 1. The third-order valence-electron chi connectivity index (χ3n) is 3.84. The molecule has 6 heteroatoms. The molecule has 1 aromatic heterocycles. The molecule has 0 aromatic carbocycles. The number of rotatable bonds is 7. The van der Waals surface area contributed by atoms with Gasteiger partial charge in [0.15, 0.2) is 0 Å². The van der Waals surface area contributed by atoms with Crippen LogP contribution in [-0.2, 0) is 17.7 Å². The van der Waals surface area contributed by atoms with E-state index >= 15 is 0 Å². The molecule has 1 heterocycles. The van der Waals surface area contributed by atoms with Crippen LogP contribution in [0.3, 0.4) is 0 Å². The van der Waals surface area contributed by atoms with Gasteiger partial charge in [-0.1, -0.05) is 11.6 Å². The van der Waals surface area contributed by atoms with E-state index in [-0.39, 0.29) is 12.1 Å². The number of hydrogen-bond donors (Lipinski definition) is 2. The van der Waals surface area contributed by atoms with Crippen molar-refractivity contribution in [3.63, 3.8) is 0 Å². The Kier molecular flexibility index (Phi) is 4.84. The maximum atomic E-state index is 6.34. The fraction of sp³-hybridized carbons (Fsp3) is 0.769. The lowest BCUT2D eigenvalue weighted by molar-refractivity contribution is 0.0505. The number of nitrogens with one attached hydrogen (secondary N) is 1. The largest absolute Gasteiger partial charge is 0.379 e. The second-order valence-electron chi connectivity index (χ2n) is 5.18. The van der Waals surface area contributed by atoms with Gasteiger partial charge in [0.2, 0.25) is 0 Å². The van der Waals surface area contributed by atoms with Crippen molar-refractivity contribution in [3.8, 4) is 0 Å². The fourth-order valence-corrected chi connectivity index (χ4v) is 2.86. The van der Waals surface area contributed by atoms with Crippen LogP contribution in [0.4, 0.5) is 0 Å². The van der Waals surface area contributed by atoms with Crippen molar-refractivity contribution in [1.29, 1.82) is 0 Å². The highest BCUT2D eigenvalue weighted by Gasteiger charge is 2.37. The minimum atomic E-state index is 0.0661. The molecule has 0 radical (unpaired) electrons. The minimum Gasteiger partial charge on any atom is -0.379 e. The Hall–Kier alpha value is -0.620. The molecule has 5 nitrogen and oxygen atoms in total. The van der Waals surface area contributed by atoms with Gasteiger partial charge in [-0.15, -0.1) is 0 Å². The van der Waals surface area contributed by atoms with Gasteiger partial charge in [-0.05, 0) is 32.6 Å². The molecule has 108 valence electrons. The number of nitrogens with zero attached hydrogens (tertiary/aromatic N) is 2. The Labute approximate surface area is 119 Å². The van der Waals surface area contributed by atoms with Crippen LogP contribution in [0.2, 0.25) is 5.02 Å². The molecule has 1 aliphatic rings. The molecule has 0 bridgehead atoms. The predicted octanol–water partition coefficient (Wildman–Crippen LogP) is 1.66. The first-order chi connectivity index (χ1) is 9.12. The highest BCUT2D eigenvalue weighted by Crippen LogP contribution is 2.36. The zero-order chi connectivity index (χ0) is 14.0. The average Bonchev–Trinajstić information content (AvgIpc) is 3.20. The van der Waals surface area contributed by atoms with Gasteiger partial charge < -0.3 is 4.74 Å². The van der Waals surface area contributed by atoms with Crippen molar-refractivity contribution in [2.75, 3.05) is 7.11 Å². The molecular formula is C13H23ClN4O. The lowest BCUT2D eigenvalue weighted by Crippen LogP contribution is -2.47. The molecule has 2 atom stereocenters. The first kappa shape index (κ1) is 14.8. The number of ether oxygens (including phenoxy) is 1. The van der Waals surface area contributed by atoms with Gasteiger partial charge in [-0.3, -0.25) is 16.0 Å². The van der Waals surface area contributed by atoms with Gasteiger partial charge in [0.1, 0.15) is 0 Å². The number of hydrazine groups is 1. The van der Waals surface area contributed by atoms with Crippen LogP contribution in [0.5, 0.6) is 0 Å². The van der Waals surface area contributed by atoms with Gasteiger partial charge in [0.25, 0.3) is 0 Å². The molecule has 2 rings (SSSR count). The first-order valence-corrected chi connectivity index (χ1v) is 7.20.